The third kappa shape index (κ3) is 3.94. The number of fused-ring (bicyclic) bond motifs is 3. The summed E-state index contributed by atoms with van der Waals surface area (Å²) in [6.45, 7) is 7.33. The fourth-order valence-corrected chi connectivity index (χ4v) is 4.89. The maximum Gasteiger partial charge on any atom is 0.254 e. The van der Waals surface area contributed by atoms with Gasteiger partial charge in [-0.05, 0) is 38.4 Å². The third-order valence-electron chi connectivity index (χ3n) is 6.44. The van der Waals surface area contributed by atoms with E-state index in [1.54, 1.807) is 0 Å². The van der Waals surface area contributed by atoms with Crippen LogP contribution in [0.25, 0.3) is 0 Å². The Bertz CT molecular complexity index is 729. The molecule has 28 heavy (non-hydrogen) atoms. The summed E-state index contributed by atoms with van der Waals surface area (Å²) >= 11 is 0. The fraction of sp³-hybridized carbons (Fsp3) is 0.636. The Morgan fingerprint density at radius 2 is 1.79 bits per heavy atom. The molecule has 6 nitrogen and oxygen atoms in total. The molecular formula is C22H31N3O3. The van der Waals surface area contributed by atoms with Gasteiger partial charge < -0.3 is 19.4 Å². The number of piperidine rings is 1. The molecule has 2 bridgehead atoms. The van der Waals surface area contributed by atoms with Gasteiger partial charge in [0.15, 0.2) is 0 Å². The normalized spacial score (nSPS) is 26.8. The quantitative estimate of drug-likeness (QED) is 0.777. The molecule has 3 fully saturated rings. The smallest absolute Gasteiger partial charge is 0.254 e. The zero-order chi connectivity index (χ0) is 19.7. The lowest BCUT2D eigenvalue weighted by molar-refractivity contribution is -0.139. The lowest BCUT2D eigenvalue weighted by Crippen LogP contribution is -2.50. The monoisotopic (exact) mass is 385 g/mol. The van der Waals surface area contributed by atoms with Crippen molar-refractivity contribution in [2.45, 2.75) is 25.8 Å². The molecule has 2 amide bonds. The van der Waals surface area contributed by atoms with E-state index >= 15 is 0 Å². The molecule has 3 heterocycles. The number of rotatable bonds is 2. The summed E-state index contributed by atoms with van der Waals surface area (Å²) < 4.78 is 5.81. The van der Waals surface area contributed by atoms with Crippen LogP contribution in [-0.4, -0.2) is 85.5 Å². The van der Waals surface area contributed by atoms with Gasteiger partial charge in [-0.3, -0.25) is 9.59 Å². The summed E-state index contributed by atoms with van der Waals surface area (Å²) in [6.07, 6.45) is 1.50. The lowest BCUT2D eigenvalue weighted by atomic mass is 9.93. The second-order valence-corrected chi connectivity index (χ2v) is 8.65. The van der Waals surface area contributed by atoms with Crippen LogP contribution in [0.3, 0.4) is 0 Å². The van der Waals surface area contributed by atoms with Crippen LogP contribution >= 0.6 is 0 Å². The Morgan fingerprint density at radius 3 is 2.54 bits per heavy atom. The number of hydrogen-bond acceptors (Lipinski definition) is 4. The van der Waals surface area contributed by atoms with Gasteiger partial charge in [0.05, 0.1) is 19.3 Å². The summed E-state index contributed by atoms with van der Waals surface area (Å²) in [4.78, 5) is 32.5. The topological polar surface area (TPSA) is 53.1 Å². The Kier molecular flexibility index (Phi) is 5.69. The van der Waals surface area contributed by atoms with E-state index in [9.17, 15) is 9.59 Å². The largest absolute Gasteiger partial charge is 0.379 e. The molecule has 6 heteroatoms. The van der Waals surface area contributed by atoms with Gasteiger partial charge in [-0.2, -0.15) is 0 Å². The number of likely N-dealkylation sites (N-methyl/N-ethyl adjacent to an activating group) is 1. The molecule has 0 aromatic heterocycles. The van der Waals surface area contributed by atoms with Gasteiger partial charge in [-0.1, -0.05) is 18.2 Å². The van der Waals surface area contributed by atoms with Gasteiger partial charge in [0.25, 0.3) is 5.91 Å². The standard InChI is InChI=1S/C22H31N3O3/c1-16-5-3-4-6-20(16)22(27)24-9-7-18(8-10-24)21(26)25-12-17-11-23(2)13-19(25)15-28-14-17/h3-6,17-19H,7-15H2,1-2H3/t17-,19-/m0/s1. The van der Waals surface area contributed by atoms with Crippen LogP contribution in [0.2, 0.25) is 0 Å². The average molecular weight is 386 g/mol. The van der Waals surface area contributed by atoms with Gasteiger partial charge in [-0.25, -0.2) is 0 Å². The highest BCUT2D eigenvalue weighted by atomic mass is 16.5. The zero-order valence-electron chi connectivity index (χ0n) is 17.0. The molecule has 3 aliphatic heterocycles. The molecule has 0 unspecified atom stereocenters. The first-order valence-corrected chi connectivity index (χ1v) is 10.4. The van der Waals surface area contributed by atoms with Crippen LogP contribution in [0.5, 0.6) is 0 Å². The van der Waals surface area contributed by atoms with E-state index in [0.717, 1.165) is 50.2 Å². The summed E-state index contributed by atoms with van der Waals surface area (Å²) in [5.74, 6) is 0.762. The number of amides is 2. The molecule has 1 aromatic carbocycles. The van der Waals surface area contributed by atoms with Gasteiger partial charge in [0.1, 0.15) is 0 Å². The highest BCUT2D eigenvalue weighted by Gasteiger charge is 2.38. The summed E-state index contributed by atoms with van der Waals surface area (Å²) in [6, 6.07) is 7.88. The number of carbonyl (C=O) groups is 2. The highest BCUT2D eigenvalue weighted by Crippen LogP contribution is 2.26. The van der Waals surface area contributed by atoms with Crippen LogP contribution in [0, 0.1) is 18.8 Å². The Labute approximate surface area is 167 Å². The molecule has 0 spiro atoms. The summed E-state index contributed by atoms with van der Waals surface area (Å²) in [5, 5.41) is 0. The van der Waals surface area contributed by atoms with E-state index in [0.29, 0.717) is 25.6 Å². The predicted molar refractivity (Wildman–Crippen MR) is 107 cm³/mol. The number of benzene rings is 1. The molecule has 152 valence electrons. The second-order valence-electron chi connectivity index (χ2n) is 8.65. The number of nitrogens with zero attached hydrogens (tertiary/aromatic N) is 3. The molecular weight excluding hydrogens is 354 g/mol. The van der Waals surface area contributed by atoms with E-state index in [1.807, 2.05) is 36.1 Å². The fourth-order valence-electron chi connectivity index (χ4n) is 4.89. The van der Waals surface area contributed by atoms with Crippen LogP contribution in [-0.2, 0) is 9.53 Å². The van der Waals surface area contributed by atoms with Crippen molar-refractivity contribution in [3.05, 3.63) is 35.4 Å². The lowest BCUT2D eigenvalue weighted by Gasteiger charge is -2.36. The third-order valence-corrected chi connectivity index (χ3v) is 6.44. The van der Waals surface area contributed by atoms with Crippen molar-refractivity contribution in [3.8, 4) is 0 Å². The van der Waals surface area contributed by atoms with Crippen molar-refractivity contribution in [1.29, 1.82) is 0 Å². The number of ether oxygens (including phenoxy) is 1. The average Bonchev–Trinajstić information content (AvgIpc) is 2.98. The van der Waals surface area contributed by atoms with E-state index in [-0.39, 0.29) is 23.8 Å². The first-order valence-electron chi connectivity index (χ1n) is 10.4. The van der Waals surface area contributed by atoms with Crippen molar-refractivity contribution < 1.29 is 14.3 Å². The Balaban J connectivity index is 1.39. The SMILES string of the molecule is Cc1ccccc1C(=O)N1CCC(C(=O)N2C[C@H]3COC[C@@H]2CN(C)C3)CC1. The van der Waals surface area contributed by atoms with Crippen LogP contribution in [0.15, 0.2) is 24.3 Å². The number of hydrogen-bond donors (Lipinski definition) is 0. The first kappa shape index (κ1) is 19.4. The molecule has 0 N–H and O–H groups in total. The maximum atomic E-state index is 13.3. The molecule has 2 atom stereocenters. The number of likely N-dealkylation sites (tertiary alicyclic amines) is 1. The van der Waals surface area contributed by atoms with Crippen molar-refractivity contribution in [3.63, 3.8) is 0 Å². The minimum absolute atomic E-state index is 0.0191. The van der Waals surface area contributed by atoms with Crippen molar-refractivity contribution in [1.82, 2.24) is 14.7 Å². The van der Waals surface area contributed by atoms with Crippen molar-refractivity contribution in [2.24, 2.45) is 11.8 Å². The Morgan fingerprint density at radius 1 is 1.04 bits per heavy atom. The zero-order valence-corrected chi connectivity index (χ0v) is 17.0. The molecule has 0 radical (unpaired) electrons. The molecule has 3 saturated heterocycles. The van der Waals surface area contributed by atoms with E-state index in [2.05, 4.69) is 16.8 Å². The minimum atomic E-state index is 0.0191. The van der Waals surface area contributed by atoms with E-state index in [4.69, 9.17) is 4.74 Å². The van der Waals surface area contributed by atoms with Gasteiger partial charge in [-0.15, -0.1) is 0 Å². The van der Waals surface area contributed by atoms with Gasteiger partial charge in [0, 0.05) is 50.1 Å². The van der Waals surface area contributed by atoms with E-state index < -0.39 is 0 Å². The van der Waals surface area contributed by atoms with Gasteiger partial charge in [0.2, 0.25) is 5.91 Å². The Hall–Kier alpha value is -1.92. The summed E-state index contributed by atoms with van der Waals surface area (Å²) in [5.41, 5.74) is 1.78. The molecule has 4 rings (SSSR count). The van der Waals surface area contributed by atoms with Crippen LogP contribution in [0.1, 0.15) is 28.8 Å². The number of carbonyl (C=O) groups excluding carboxylic acids is 2. The molecule has 3 aliphatic rings. The molecule has 0 aliphatic carbocycles. The highest BCUT2D eigenvalue weighted by molar-refractivity contribution is 5.95. The predicted octanol–water partition coefficient (Wildman–Crippen LogP) is 1.64. The first-order chi connectivity index (χ1) is 13.5. The van der Waals surface area contributed by atoms with Crippen molar-refractivity contribution >= 4 is 11.8 Å². The van der Waals surface area contributed by atoms with Gasteiger partial charge >= 0.3 is 0 Å². The van der Waals surface area contributed by atoms with Crippen LogP contribution in [0.4, 0.5) is 0 Å². The van der Waals surface area contributed by atoms with E-state index in [1.165, 1.54) is 0 Å². The molecule has 1 aromatic rings. The minimum Gasteiger partial charge on any atom is -0.379 e. The van der Waals surface area contributed by atoms with Crippen molar-refractivity contribution in [2.75, 3.05) is 53.0 Å². The second kappa shape index (κ2) is 8.21. The number of aryl methyl sites for hydroxylation is 1. The molecule has 0 saturated carbocycles. The summed E-state index contributed by atoms with van der Waals surface area (Å²) in [7, 11) is 2.13. The van der Waals surface area contributed by atoms with Crippen LogP contribution < -0.4 is 0 Å². The maximum absolute atomic E-state index is 13.3.